The molecule has 0 saturated carbocycles. The lowest BCUT2D eigenvalue weighted by atomic mass is 9.96. The summed E-state index contributed by atoms with van der Waals surface area (Å²) in [7, 11) is 0. The van der Waals surface area contributed by atoms with Gasteiger partial charge in [-0.25, -0.2) is 0 Å². The highest BCUT2D eigenvalue weighted by atomic mass is 35.5. The van der Waals surface area contributed by atoms with Crippen LogP contribution in [-0.2, 0) is 17.8 Å². The highest BCUT2D eigenvalue weighted by Gasteiger charge is 2.32. The lowest BCUT2D eigenvalue weighted by molar-refractivity contribution is -0.124. The number of carbonyl (C=O) groups is 1. The minimum Gasteiger partial charge on any atom is -0.312 e. The summed E-state index contributed by atoms with van der Waals surface area (Å²) in [5.41, 5.74) is 3.62. The molecule has 2 heterocycles. The molecule has 1 atom stereocenters. The number of carbonyl (C=O) groups excluding carboxylic acids is 1. The van der Waals surface area contributed by atoms with Crippen molar-refractivity contribution in [3.05, 3.63) is 64.7 Å². The van der Waals surface area contributed by atoms with Gasteiger partial charge in [0.25, 0.3) is 0 Å². The number of halogens is 1. The van der Waals surface area contributed by atoms with E-state index in [1.165, 1.54) is 11.1 Å². The van der Waals surface area contributed by atoms with Gasteiger partial charge in [0.05, 0.1) is 5.92 Å². The highest BCUT2D eigenvalue weighted by molar-refractivity contribution is 6.30. The molecule has 0 radical (unpaired) electrons. The molecule has 2 aliphatic heterocycles. The number of likely N-dealkylation sites (tertiary alicyclic amines) is 1. The summed E-state index contributed by atoms with van der Waals surface area (Å²) >= 11 is 6.10. The number of piperidine rings is 1. The summed E-state index contributed by atoms with van der Waals surface area (Å²) in [5, 5.41) is 0.774. The molecule has 1 saturated heterocycles. The zero-order chi connectivity index (χ0) is 17.2. The second-order valence-electron chi connectivity index (χ2n) is 7.07. The Labute approximate surface area is 154 Å². The second kappa shape index (κ2) is 7.19. The van der Waals surface area contributed by atoms with Crippen LogP contribution in [0.25, 0.3) is 0 Å². The fraction of sp³-hybridized carbons (Fsp3) is 0.381. The standard InChI is InChI=1S/C21H23ClN2O/c22-19-8-3-5-16(13-19)14-23-11-4-7-18(15-23)21(25)24-12-10-17-6-1-2-9-20(17)24/h1-3,5-6,8-9,13,18H,4,7,10-12,14-15H2. The third kappa shape index (κ3) is 3.58. The fourth-order valence-corrected chi connectivity index (χ4v) is 4.29. The van der Waals surface area contributed by atoms with Crippen molar-refractivity contribution < 1.29 is 4.79 Å². The van der Waals surface area contributed by atoms with Crippen LogP contribution >= 0.6 is 11.6 Å². The molecule has 25 heavy (non-hydrogen) atoms. The van der Waals surface area contributed by atoms with Crippen LogP contribution < -0.4 is 4.90 Å². The maximum Gasteiger partial charge on any atom is 0.231 e. The summed E-state index contributed by atoms with van der Waals surface area (Å²) in [4.78, 5) is 17.5. The van der Waals surface area contributed by atoms with E-state index in [1.54, 1.807) is 0 Å². The van der Waals surface area contributed by atoms with Crippen molar-refractivity contribution >= 4 is 23.2 Å². The van der Waals surface area contributed by atoms with E-state index in [4.69, 9.17) is 11.6 Å². The van der Waals surface area contributed by atoms with Gasteiger partial charge in [0, 0.05) is 30.3 Å². The van der Waals surface area contributed by atoms with E-state index in [1.807, 2.05) is 29.2 Å². The summed E-state index contributed by atoms with van der Waals surface area (Å²) in [5.74, 6) is 0.389. The van der Waals surface area contributed by atoms with Crippen molar-refractivity contribution in [2.24, 2.45) is 5.92 Å². The van der Waals surface area contributed by atoms with E-state index in [-0.39, 0.29) is 5.92 Å². The molecule has 4 heteroatoms. The predicted octanol–water partition coefficient (Wildman–Crippen LogP) is 4.14. The minimum atomic E-state index is 0.0964. The van der Waals surface area contributed by atoms with Crippen molar-refractivity contribution in [1.82, 2.24) is 4.90 Å². The summed E-state index contributed by atoms with van der Waals surface area (Å²) < 4.78 is 0. The SMILES string of the molecule is O=C(C1CCCN(Cc2cccc(Cl)c2)C1)N1CCc2ccccc21. The van der Waals surface area contributed by atoms with Crippen molar-refractivity contribution in [2.75, 3.05) is 24.5 Å². The molecule has 2 aliphatic rings. The van der Waals surface area contributed by atoms with Gasteiger partial charge in [-0.3, -0.25) is 9.69 Å². The Morgan fingerprint density at radius 3 is 2.88 bits per heavy atom. The van der Waals surface area contributed by atoms with Crippen LogP contribution in [0.15, 0.2) is 48.5 Å². The molecule has 1 fully saturated rings. The van der Waals surface area contributed by atoms with Gasteiger partial charge in [-0.1, -0.05) is 41.9 Å². The molecule has 3 nitrogen and oxygen atoms in total. The Morgan fingerprint density at radius 1 is 1.12 bits per heavy atom. The number of fused-ring (bicyclic) bond motifs is 1. The Hall–Kier alpha value is -1.84. The summed E-state index contributed by atoms with van der Waals surface area (Å²) in [6, 6.07) is 16.3. The first kappa shape index (κ1) is 16.6. The third-order valence-electron chi connectivity index (χ3n) is 5.30. The van der Waals surface area contributed by atoms with E-state index in [0.29, 0.717) is 5.91 Å². The van der Waals surface area contributed by atoms with Gasteiger partial charge in [-0.15, -0.1) is 0 Å². The molecule has 0 bridgehead atoms. The number of anilines is 1. The van der Waals surface area contributed by atoms with Gasteiger partial charge >= 0.3 is 0 Å². The Morgan fingerprint density at radius 2 is 2.00 bits per heavy atom. The zero-order valence-electron chi connectivity index (χ0n) is 14.3. The van der Waals surface area contributed by atoms with E-state index < -0.39 is 0 Å². The molecule has 0 spiro atoms. The topological polar surface area (TPSA) is 23.6 Å². The molecule has 0 N–H and O–H groups in total. The molecule has 0 aromatic heterocycles. The van der Waals surface area contributed by atoms with Crippen molar-refractivity contribution in [1.29, 1.82) is 0 Å². The van der Waals surface area contributed by atoms with Crippen LogP contribution in [0.5, 0.6) is 0 Å². The van der Waals surface area contributed by atoms with Crippen molar-refractivity contribution in [3.8, 4) is 0 Å². The molecular formula is C21H23ClN2O. The van der Waals surface area contributed by atoms with Crippen LogP contribution in [0.4, 0.5) is 5.69 Å². The predicted molar refractivity (Wildman–Crippen MR) is 102 cm³/mol. The summed E-state index contributed by atoms with van der Waals surface area (Å²) in [6.45, 7) is 3.57. The average Bonchev–Trinajstić information content (AvgIpc) is 3.05. The fourth-order valence-electron chi connectivity index (χ4n) is 4.08. The molecule has 0 aliphatic carbocycles. The van der Waals surface area contributed by atoms with Crippen molar-refractivity contribution in [2.45, 2.75) is 25.8 Å². The third-order valence-corrected chi connectivity index (χ3v) is 5.54. The Balaban J connectivity index is 1.44. The largest absolute Gasteiger partial charge is 0.312 e. The van der Waals surface area contributed by atoms with Crippen LogP contribution in [0.3, 0.4) is 0 Å². The quantitative estimate of drug-likeness (QED) is 0.827. The van der Waals surface area contributed by atoms with Gasteiger partial charge in [-0.2, -0.15) is 0 Å². The molecule has 1 unspecified atom stereocenters. The lowest BCUT2D eigenvalue weighted by Gasteiger charge is -2.34. The van der Waals surface area contributed by atoms with Gasteiger partial charge in [0.2, 0.25) is 5.91 Å². The first-order chi connectivity index (χ1) is 12.2. The van der Waals surface area contributed by atoms with Crippen molar-refractivity contribution in [3.63, 3.8) is 0 Å². The number of amides is 1. The average molecular weight is 355 g/mol. The first-order valence-electron chi connectivity index (χ1n) is 9.07. The molecule has 2 aromatic carbocycles. The monoisotopic (exact) mass is 354 g/mol. The minimum absolute atomic E-state index is 0.0964. The van der Waals surface area contributed by atoms with E-state index in [0.717, 1.165) is 56.2 Å². The zero-order valence-corrected chi connectivity index (χ0v) is 15.1. The molecule has 2 aromatic rings. The number of para-hydroxylation sites is 1. The Kier molecular flexibility index (Phi) is 4.78. The van der Waals surface area contributed by atoms with E-state index in [9.17, 15) is 4.79 Å². The smallest absolute Gasteiger partial charge is 0.231 e. The second-order valence-corrected chi connectivity index (χ2v) is 7.51. The maximum atomic E-state index is 13.1. The highest BCUT2D eigenvalue weighted by Crippen LogP contribution is 2.31. The lowest BCUT2D eigenvalue weighted by Crippen LogP contribution is -2.44. The van der Waals surface area contributed by atoms with Crippen LogP contribution in [-0.4, -0.2) is 30.4 Å². The van der Waals surface area contributed by atoms with Crippen LogP contribution in [0.2, 0.25) is 5.02 Å². The first-order valence-corrected chi connectivity index (χ1v) is 9.44. The van der Waals surface area contributed by atoms with Gasteiger partial charge < -0.3 is 4.90 Å². The number of hydrogen-bond donors (Lipinski definition) is 0. The van der Waals surface area contributed by atoms with Crippen LogP contribution in [0, 0.1) is 5.92 Å². The van der Waals surface area contributed by atoms with Gasteiger partial charge in [-0.05, 0) is 55.1 Å². The molecular weight excluding hydrogens is 332 g/mol. The summed E-state index contributed by atoms with van der Waals surface area (Å²) in [6.07, 6.45) is 3.04. The number of benzene rings is 2. The molecule has 4 rings (SSSR count). The van der Waals surface area contributed by atoms with Gasteiger partial charge in [0.1, 0.15) is 0 Å². The van der Waals surface area contributed by atoms with E-state index >= 15 is 0 Å². The molecule has 130 valence electrons. The Bertz CT molecular complexity index is 776. The maximum absolute atomic E-state index is 13.1. The normalized spacial score (nSPS) is 20.5. The van der Waals surface area contributed by atoms with Gasteiger partial charge in [0.15, 0.2) is 0 Å². The number of rotatable bonds is 3. The number of hydrogen-bond acceptors (Lipinski definition) is 2. The van der Waals surface area contributed by atoms with Crippen LogP contribution in [0.1, 0.15) is 24.0 Å². The number of nitrogens with zero attached hydrogens (tertiary/aromatic N) is 2. The molecule has 1 amide bonds. The van der Waals surface area contributed by atoms with E-state index in [2.05, 4.69) is 29.2 Å².